The number of H-pyrrole nitrogens is 1. The minimum atomic E-state index is -0.0743. The van der Waals surface area contributed by atoms with Crippen molar-refractivity contribution in [3.63, 3.8) is 0 Å². The normalized spacial score (nSPS) is 19.7. The highest BCUT2D eigenvalue weighted by molar-refractivity contribution is 5.92. The van der Waals surface area contributed by atoms with E-state index < -0.39 is 0 Å². The molecule has 1 unspecified atom stereocenters. The van der Waals surface area contributed by atoms with Crippen LogP contribution in [0.15, 0.2) is 6.07 Å². The molecule has 1 atom stereocenters. The van der Waals surface area contributed by atoms with Crippen LogP contribution in [0.2, 0.25) is 0 Å². The summed E-state index contributed by atoms with van der Waals surface area (Å²) >= 11 is 0. The zero-order valence-corrected chi connectivity index (χ0v) is 11.0. The number of aromatic amines is 1. The fourth-order valence-corrected chi connectivity index (χ4v) is 2.25. The molecule has 18 heavy (non-hydrogen) atoms. The van der Waals surface area contributed by atoms with E-state index in [-0.39, 0.29) is 5.91 Å². The lowest BCUT2D eigenvalue weighted by Crippen LogP contribution is -2.28. The van der Waals surface area contributed by atoms with Crippen molar-refractivity contribution in [2.45, 2.75) is 38.5 Å². The Kier molecular flexibility index (Phi) is 4.75. The number of aromatic nitrogens is 2. The van der Waals surface area contributed by atoms with Gasteiger partial charge in [-0.25, -0.2) is 0 Å². The molecule has 0 aromatic carbocycles. The van der Waals surface area contributed by atoms with Gasteiger partial charge in [-0.1, -0.05) is 13.3 Å². The molecule has 1 saturated heterocycles. The second-order valence-electron chi connectivity index (χ2n) is 4.86. The summed E-state index contributed by atoms with van der Waals surface area (Å²) in [4.78, 5) is 11.8. The van der Waals surface area contributed by atoms with Crippen molar-refractivity contribution in [2.24, 2.45) is 0 Å². The van der Waals surface area contributed by atoms with E-state index in [0.717, 1.165) is 44.6 Å². The van der Waals surface area contributed by atoms with Crippen LogP contribution in [0.1, 0.15) is 54.7 Å². The van der Waals surface area contributed by atoms with Crippen LogP contribution >= 0.6 is 0 Å². The van der Waals surface area contributed by atoms with E-state index in [4.69, 9.17) is 0 Å². The Morgan fingerprint density at radius 2 is 2.50 bits per heavy atom. The van der Waals surface area contributed by atoms with Crippen molar-refractivity contribution < 1.29 is 4.79 Å². The van der Waals surface area contributed by atoms with Crippen LogP contribution < -0.4 is 10.6 Å². The number of hydrogen-bond donors (Lipinski definition) is 3. The summed E-state index contributed by atoms with van der Waals surface area (Å²) in [5.41, 5.74) is 1.58. The first-order valence-electron chi connectivity index (χ1n) is 6.85. The average Bonchev–Trinajstić information content (AvgIpc) is 2.89. The highest BCUT2D eigenvalue weighted by atomic mass is 16.1. The molecule has 1 aromatic heterocycles. The standard InChI is InChI=1S/C13H22N4O/c1-2-3-7-15-13(18)12-8-11(16-17-12)10-5-4-6-14-9-10/h8,10,14H,2-7,9H2,1H3,(H,15,18)(H,16,17). The number of amides is 1. The molecule has 1 amide bonds. The summed E-state index contributed by atoms with van der Waals surface area (Å²) in [5.74, 6) is 0.387. The third-order valence-corrected chi connectivity index (χ3v) is 3.38. The first-order chi connectivity index (χ1) is 8.81. The summed E-state index contributed by atoms with van der Waals surface area (Å²) in [7, 11) is 0. The number of piperidine rings is 1. The number of unbranched alkanes of at least 4 members (excludes halogenated alkanes) is 1. The molecule has 100 valence electrons. The molecule has 0 aliphatic carbocycles. The van der Waals surface area contributed by atoms with Gasteiger partial charge in [-0.15, -0.1) is 0 Å². The maximum atomic E-state index is 11.8. The van der Waals surface area contributed by atoms with Crippen molar-refractivity contribution in [1.29, 1.82) is 0 Å². The van der Waals surface area contributed by atoms with Crippen LogP contribution in [0, 0.1) is 0 Å². The van der Waals surface area contributed by atoms with Gasteiger partial charge in [0.1, 0.15) is 5.69 Å². The molecular weight excluding hydrogens is 228 g/mol. The average molecular weight is 250 g/mol. The van der Waals surface area contributed by atoms with Crippen molar-refractivity contribution in [1.82, 2.24) is 20.8 Å². The molecule has 0 bridgehead atoms. The second kappa shape index (κ2) is 6.54. The molecule has 5 nitrogen and oxygen atoms in total. The lowest BCUT2D eigenvalue weighted by atomic mass is 9.96. The minimum Gasteiger partial charge on any atom is -0.351 e. The van der Waals surface area contributed by atoms with Gasteiger partial charge in [0.25, 0.3) is 5.91 Å². The molecule has 2 rings (SSSR count). The molecule has 2 heterocycles. The van der Waals surface area contributed by atoms with Crippen LogP contribution in [-0.2, 0) is 0 Å². The van der Waals surface area contributed by atoms with E-state index in [1.165, 1.54) is 6.42 Å². The molecule has 1 aliphatic heterocycles. The molecule has 1 fully saturated rings. The lowest BCUT2D eigenvalue weighted by Gasteiger charge is -2.21. The van der Waals surface area contributed by atoms with Crippen LogP contribution in [-0.4, -0.2) is 35.7 Å². The Bertz CT molecular complexity index is 382. The Balaban J connectivity index is 1.90. The molecule has 0 spiro atoms. The quantitative estimate of drug-likeness (QED) is 0.692. The fraction of sp³-hybridized carbons (Fsp3) is 0.692. The summed E-state index contributed by atoms with van der Waals surface area (Å²) in [6, 6.07) is 1.89. The van der Waals surface area contributed by atoms with Crippen LogP contribution in [0.25, 0.3) is 0 Å². The van der Waals surface area contributed by atoms with E-state index in [1.54, 1.807) is 0 Å². The first-order valence-corrected chi connectivity index (χ1v) is 6.85. The molecular formula is C13H22N4O. The van der Waals surface area contributed by atoms with Gasteiger partial charge >= 0.3 is 0 Å². The SMILES string of the molecule is CCCCNC(=O)c1cc(C2CCCNC2)[nH]n1. The Morgan fingerprint density at radius 1 is 1.61 bits per heavy atom. The van der Waals surface area contributed by atoms with Gasteiger partial charge in [-0.3, -0.25) is 9.89 Å². The zero-order valence-electron chi connectivity index (χ0n) is 11.0. The zero-order chi connectivity index (χ0) is 12.8. The molecule has 0 radical (unpaired) electrons. The molecule has 1 aliphatic rings. The molecule has 5 heteroatoms. The highest BCUT2D eigenvalue weighted by Crippen LogP contribution is 2.21. The molecule has 3 N–H and O–H groups in total. The second-order valence-corrected chi connectivity index (χ2v) is 4.86. The number of rotatable bonds is 5. The fourth-order valence-electron chi connectivity index (χ4n) is 2.25. The monoisotopic (exact) mass is 250 g/mol. The maximum Gasteiger partial charge on any atom is 0.271 e. The number of carbonyl (C=O) groups is 1. The first kappa shape index (κ1) is 13.1. The van der Waals surface area contributed by atoms with Crippen molar-refractivity contribution in [3.8, 4) is 0 Å². The lowest BCUT2D eigenvalue weighted by molar-refractivity contribution is 0.0948. The number of carbonyl (C=O) groups excluding carboxylic acids is 1. The smallest absolute Gasteiger partial charge is 0.271 e. The van der Waals surface area contributed by atoms with E-state index in [0.29, 0.717) is 11.6 Å². The van der Waals surface area contributed by atoms with E-state index in [1.807, 2.05) is 6.07 Å². The van der Waals surface area contributed by atoms with Gasteiger partial charge in [0.15, 0.2) is 0 Å². The van der Waals surface area contributed by atoms with E-state index in [2.05, 4.69) is 27.8 Å². The van der Waals surface area contributed by atoms with Gasteiger partial charge in [0.05, 0.1) is 0 Å². The summed E-state index contributed by atoms with van der Waals surface area (Å²) in [5, 5.41) is 13.3. The minimum absolute atomic E-state index is 0.0743. The molecule has 1 aromatic rings. The topological polar surface area (TPSA) is 69.8 Å². The van der Waals surface area contributed by atoms with Crippen LogP contribution in [0.4, 0.5) is 0 Å². The van der Waals surface area contributed by atoms with Crippen molar-refractivity contribution in [2.75, 3.05) is 19.6 Å². The summed E-state index contributed by atoms with van der Waals surface area (Å²) in [6.45, 7) is 4.89. The predicted octanol–water partition coefficient (Wildman–Crippen LogP) is 1.41. The van der Waals surface area contributed by atoms with Crippen LogP contribution in [0.5, 0.6) is 0 Å². The Labute approximate surface area is 108 Å². The van der Waals surface area contributed by atoms with Gasteiger partial charge in [0.2, 0.25) is 0 Å². The summed E-state index contributed by atoms with van der Waals surface area (Å²) in [6.07, 6.45) is 4.43. The Hall–Kier alpha value is -1.36. The van der Waals surface area contributed by atoms with E-state index >= 15 is 0 Å². The predicted molar refractivity (Wildman–Crippen MR) is 70.7 cm³/mol. The number of nitrogens with one attached hydrogen (secondary N) is 3. The highest BCUT2D eigenvalue weighted by Gasteiger charge is 2.19. The van der Waals surface area contributed by atoms with Gasteiger partial charge in [-0.05, 0) is 31.9 Å². The van der Waals surface area contributed by atoms with Crippen molar-refractivity contribution in [3.05, 3.63) is 17.5 Å². The maximum absolute atomic E-state index is 11.8. The summed E-state index contributed by atoms with van der Waals surface area (Å²) < 4.78 is 0. The van der Waals surface area contributed by atoms with Crippen LogP contribution in [0.3, 0.4) is 0 Å². The van der Waals surface area contributed by atoms with E-state index in [9.17, 15) is 4.79 Å². The third kappa shape index (κ3) is 3.32. The number of hydrogen-bond acceptors (Lipinski definition) is 3. The largest absolute Gasteiger partial charge is 0.351 e. The third-order valence-electron chi connectivity index (χ3n) is 3.38. The Morgan fingerprint density at radius 3 is 3.22 bits per heavy atom. The van der Waals surface area contributed by atoms with Crippen molar-refractivity contribution >= 4 is 5.91 Å². The van der Waals surface area contributed by atoms with Gasteiger partial charge < -0.3 is 10.6 Å². The number of nitrogens with zero attached hydrogens (tertiary/aromatic N) is 1. The molecule has 0 saturated carbocycles. The van der Waals surface area contributed by atoms with Gasteiger partial charge in [0, 0.05) is 24.7 Å². The van der Waals surface area contributed by atoms with Gasteiger partial charge in [-0.2, -0.15) is 5.10 Å².